The Morgan fingerprint density at radius 2 is 1.80 bits per heavy atom. The predicted octanol–water partition coefficient (Wildman–Crippen LogP) is 2.28. The zero-order valence-corrected chi connectivity index (χ0v) is 7.98. The van der Waals surface area contributed by atoms with E-state index in [2.05, 4.69) is 0 Å². The molecule has 1 atom stereocenters. The van der Waals surface area contributed by atoms with E-state index in [1.807, 2.05) is 48.6 Å². The Morgan fingerprint density at radius 3 is 2.40 bits per heavy atom. The molecule has 1 aromatic carbocycles. The lowest BCUT2D eigenvalue weighted by molar-refractivity contribution is 0.545. The van der Waals surface area contributed by atoms with Crippen LogP contribution in [0.4, 0.5) is 0 Å². The average molecular weight is 202 g/mol. The van der Waals surface area contributed by atoms with Gasteiger partial charge in [0, 0.05) is 12.1 Å². The van der Waals surface area contributed by atoms with Gasteiger partial charge in [0.1, 0.15) is 0 Å². The van der Waals surface area contributed by atoms with Gasteiger partial charge in [-0.25, -0.2) is 0 Å². The van der Waals surface area contributed by atoms with E-state index in [4.69, 9.17) is 11.5 Å². The van der Waals surface area contributed by atoms with Crippen LogP contribution in [0, 0.1) is 0 Å². The quantitative estimate of drug-likeness (QED) is 0.734. The van der Waals surface area contributed by atoms with Gasteiger partial charge in [-0.05, 0) is 11.6 Å². The van der Waals surface area contributed by atoms with Crippen LogP contribution in [-0.4, -0.2) is 0 Å². The molecule has 1 aliphatic rings. The smallest absolute Gasteiger partial charge is 0.0653 e. The molecule has 0 aliphatic heterocycles. The molecule has 0 saturated carbocycles. The van der Waals surface area contributed by atoms with Crippen LogP contribution in [0.2, 0.25) is 0 Å². The first-order valence-electron chi connectivity index (χ1n) is 4.69. The Balaban J connectivity index is 0.00000112. The maximum Gasteiger partial charge on any atom is 0.0653 e. The van der Waals surface area contributed by atoms with Crippen molar-refractivity contribution in [1.82, 2.24) is 0 Å². The summed E-state index contributed by atoms with van der Waals surface area (Å²) < 4.78 is 0. The number of benzene rings is 1. The summed E-state index contributed by atoms with van der Waals surface area (Å²) in [5, 5.41) is 0. The van der Waals surface area contributed by atoms with E-state index in [9.17, 15) is 0 Å². The second-order valence-electron chi connectivity index (χ2n) is 3.68. The number of rotatable bonds is 1. The predicted molar refractivity (Wildman–Crippen MR) is 65.1 cm³/mol. The molecule has 1 aliphatic carbocycles. The molecule has 0 aromatic heterocycles. The summed E-state index contributed by atoms with van der Waals surface area (Å²) in [5.41, 5.74) is 13.5. The van der Waals surface area contributed by atoms with Gasteiger partial charge in [-0.3, -0.25) is 0 Å². The maximum absolute atomic E-state index is 6.26. The molecule has 0 saturated heterocycles. The molecule has 15 heavy (non-hydrogen) atoms. The fourth-order valence-corrected chi connectivity index (χ4v) is 1.75. The van der Waals surface area contributed by atoms with Gasteiger partial charge >= 0.3 is 0 Å². The highest BCUT2D eigenvalue weighted by Gasteiger charge is 2.26. The van der Waals surface area contributed by atoms with Crippen molar-refractivity contribution >= 4 is 0 Å². The molecule has 0 radical (unpaired) electrons. The molecular weight excluding hydrogens is 184 g/mol. The van der Waals surface area contributed by atoms with Gasteiger partial charge in [-0.2, -0.15) is 0 Å². The monoisotopic (exact) mass is 202 g/mol. The molecule has 0 bridgehead atoms. The normalized spacial score (nSPS) is 24.2. The van der Waals surface area contributed by atoms with Crippen molar-refractivity contribution in [3.05, 3.63) is 59.8 Å². The number of allylic oxidation sites excluding steroid dienone is 2. The van der Waals surface area contributed by atoms with Crippen LogP contribution < -0.4 is 11.5 Å². The van der Waals surface area contributed by atoms with Gasteiger partial charge in [-0.1, -0.05) is 49.9 Å². The second-order valence-corrected chi connectivity index (χ2v) is 3.68. The molecule has 2 nitrogen and oxygen atoms in total. The van der Waals surface area contributed by atoms with Gasteiger partial charge in [0.25, 0.3) is 0 Å². The summed E-state index contributed by atoms with van der Waals surface area (Å²) in [6.07, 6.45) is 6.51. The lowest BCUT2D eigenvalue weighted by Gasteiger charge is -2.28. The van der Waals surface area contributed by atoms with E-state index < -0.39 is 5.54 Å². The molecule has 2 rings (SSSR count). The fraction of sp³-hybridized carbons (Fsp3) is 0.231. The lowest BCUT2D eigenvalue weighted by atomic mass is 9.84. The highest BCUT2D eigenvalue weighted by Crippen LogP contribution is 2.28. The van der Waals surface area contributed by atoms with Crippen molar-refractivity contribution in [3.63, 3.8) is 0 Å². The summed E-state index contributed by atoms with van der Waals surface area (Å²) in [5.74, 6) is 0. The van der Waals surface area contributed by atoms with Crippen LogP contribution in [-0.2, 0) is 5.54 Å². The zero-order chi connectivity index (χ0) is 10.0. The molecule has 0 fully saturated rings. The third kappa shape index (κ3) is 2.28. The van der Waals surface area contributed by atoms with E-state index in [1.165, 1.54) is 0 Å². The van der Waals surface area contributed by atoms with Crippen LogP contribution in [0.15, 0.2) is 54.3 Å². The molecular formula is C13H18N2. The summed E-state index contributed by atoms with van der Waals surface area (Å²) in [6, 6.07) is 10.0. The third-order valence-corrected chi connectivity index (χ3v) is 2.51. The van der Waals surface area contributed by atoms with Crippen LogP contribution >= 0.6 is 0 Å². The van der Waals surface area contributed by atoms with E-state index in [-0.39, 0.29) is 7.43 Å². The largest absolute Gasteiger partial charge is 0.402 e. The average Bonchev–Trinajstić information content (AvgIpc) is 2.19. The number of hydrogen-bond acceptors (Lipinski definition) is 2. The first kappa shape index (κ1) is 11.5. The topological polar surface area (TPSA) is 52.0 Å². The molecule has 1 unspecified atom stereocenters. The van der Waals surface area contributed by atoms with E-state index in [1.54, 1.807) is 0 Å². The molecule has 2 heteroatoms. The fourth-order valence-electron chi connectivity index (χ4n) is 1.75. The number of hydrogen-bond donors (Lipinski definition) is 2. The SMILES string of the molecule is C.NC1=CC=CC(N)(c2ccccc2)C1. The van der Waals surface area contributed by atoms with Crippen LogP contribution in [0.5, 0.6) is 0 Å². The van der Waals surface area contributed by atoms with Crippen molar-refractivity contribution in [2.45, 2.75) is 19.4 Å². The minimum Gasteiger partial charge on any atom is -0.402 e. The van der Waals surface area contributed by atoms with Crippen molar-refractivity contribution in [3.8, 4) is 0 Å². The number of nitrogens with two attached hydrogens (primary N) is 2. The Hall–Kier alpha value is -1.54. The van der Waals surface area contributed by atoms with Crippen molar-refractivity contribution in [2.75, 3.05) is 0 Å². The Morgan fingerprint density at radius 1 is 1.13 bits per heavy atom. The van der Waals surface area contributed by atoms with E-state index in [0.29, 0.717) is 6.42 Å². The highest BCUT2D eigenvalue weighted by molar-refractivity contribution is 5.35. The lowest BCUT2D eigenvalue weighted by Crippen LogP contribution is -2.37. The van der Waals surface area contributed by atoms with Crippen LogP contribution in [0.3, 0.4) is 0 Å². The summed E-state index contributed by atoms with van der Waals surface area (Å²) in [6.45, 7) is 0. The Kier molecular flexibility index (Phi) is 3.32. The van der Waals surface area contributed by atoms with E-state index in [0.717, 1.165) is 11.3 Å². The minimum absolute atomic E-state index is 0. The molecule has 0 spiro atoms. The third-order valence-electron chi connectivity index (χ3n) is 2.51. The Labute approximate surface area is 91.3 Å². The molecule has 1 aromatic rings. The molecule has 80 valence electrons. The van der Waals surface area contributed by atoms with Gasteiger partial charge in [0.2, 0.25) is 0 Å². The standard InChI is InChI=1S/C12H14N2.CH4/c13-11-7-4-8-12(14,9-11)10-5-2-1-3-6-10;/h1-8H,9,13-14H2;1H4. The second kappa shape index (κ2) is 4.32. The van der Waals surface area contributed by atoms with Crippen molar-refractivity contribution < 1.29 is 0 Å². The minimum atomic E-state index is -0.430. The van der Waals surface area contributed by atoms with Crippen molar-refractivity contribution in [2.24, 2.45) is 11.5 Å². The summed E-state index contributed by atoms with van der Waals surface area (Å²) >= 11 is 0. The molecule has 4 N–H and O–H groups in total. The molecule has 0 heterocycles. The van der Waals surface area contributed by atoms with E-state index >= 15 is 0 Å². The summed E-state index contributed by atoms with van der Waals surface area (Å²) in [4.78, 5) is 0. The zero-order valence-electron chi connectivity index (χ0n) is 7.98. The highest BCUT2D eigenvalue weighted by atomic mass is 14.8. The maximum atomic E-state index is 6.26. The van der Waals surface area contributed by atoms with Gasteiger partial charge in [0.05, 0.1) is 5.54 Å². The summed E-state index contributed by atoms with van der Waals surface area (Å²) in [7, 11) is 0. The van der Waals surface area contributed by atoms with Gasteiger partial charge in [0.15, 0.2) is 0 Å². The Bertz CT molecular complexity index is 379. The van der Waals surface area contributed by atoms with Crippen LogP contribution in [0.1, 0.15) is 19.4 Å². The van der Waals surface area contributed by atoms with Crippen molar-refractivity contribution in [1.29, 1.82) is 0 Å². The van der Waals surface area contributed by atoms with Gasteiger partial charge < -0.3 is 11.5 Å². The van der Waals surface area contributed by atoms with Gasteiger partial charge in [-0.15, -0.1) is 0 Å². The first-order valence-corrected chi connectivity index (χ1v) is 4.69. The molecule has 0 amide bonds. The van der Waals surface area contributed by atoms with Crippen LogP contribution in [0.25, 0.3) is 0 Å². The first-order chi connectivity index (χ1) is 6.71.